The molecular weight excluding hydrogens is 316 g/mol. The van der Waals surface area contributed by atoms with Gasteiger partial charge in [-0.25, -0.2) is 0 Å². The van der Waals surface area contributed by atoms with Crippen LogP contribution in [-0.4, -0.2) is 11.4 Å². The highest BCUT2D eigenvalue weighted by molar-refractivity contribution is 8.05. The molecule has 2 N–H and O–H groups in total. The molecule has 0 bridgehead atoms. The van der Waals surface area contributed by atoms with Gasteiger partial charge in [-0.1, -0.05) is 73.3 Å². The van der Waals surface area contributed by atoms with E-state index in [1.807, 2.05) is 60.7 Å². The van der Waals surface area contributed by atoms with Crippen LogP contribution in [0, 0.1) is 0 Å². The molecule has 1 fully saturated rings. The monoisotopic (exact) mass is 336 g/mol. The predicted octanol–water partition coefficient (Wildman–Crippen LogP) is 4.40. The van der Waals surface area contributed by atoms with Gasteiger partial charge < -0.3 is 10.6 Å². The molecule has 2 aromatic rings. The van der Waals surface area contributed by atoms with Gasteiger partial charge in [-0.2, -0.15) is 0 Å². The van der Waals surface area contributed by atoms with E-state index in [2.05, 4.69) is 29.7 Å². The Balaban J connectivity index is 1.60. The largest absolute Gasteiger partial charge is 0.357 e. The molecule has 24 heavy (non-hydrogen) atoms. The van der Waals surface area contributed by atoms with Gasteiger partial charge in [0.05, 0.1) is 4.91 Å². The lowest BCUT2D eigenvalue weighted by Crippen LogP contribution is -2.30. The number of nitrogens with one attached hydrogen (secondary N) is 2. The molecule has 1 saturated heterocycles. The van der Waals surface area contributed by atoms with Gasteiger partial charge in [-0.3, -0.25) is 4.79 Å². The van der Waals surface area contributed by atoms with Gasteiger partial charge in [-0.05, 0) is 35.8 Å². The Morgan fingerprint density at radius 3 is 2.58 bits per heavy atom. The summed E-state index contributed by atoms with van der Waals surface area (Å²) in [6.45, 7) is 2.13. The standard InChI is InChI=1S/C20H20N2OS/c1-2-15-11-13-17(14-12-15)21-20-22-19(23)18(24-20)10-6-9-16-7-4-3-5-8-16/h3-14,20-21H,2H2,1H3,(H,22,23)/b9-6+,18-10-/t20-/m0/s1. The molecular formula is C20H20N2OS. The molecule has 4 heteroatoms. The predicted molar refractivity (Wildman–Crippen MR) is 103 cm³/mol. The van der Waals surface area contributed by atoms with E-state index in [0.717, 1.165) is 17.7 Å². The summed E-state index contributed by atoms with van der Waals surface area (Å²) in [7, 11) is 0. The van der Waals surface area contributed by atoms with Crippen LogP contribution >= 0.6 is 11.8 Å². The summed E-state index contributed by atoms with van der Waals surface area (Å²) in [6, 6.07) is 18.3. The number of thioether (sulfide) groups is 1. The molecule has 3 rings (SSSR count). The second-order valence-electron chi connectivity index (χ2n) is 5.47. The maximum Gasteiger partial charge on any atom is 0.260 e. The number of anilines is 1. The minimum Gasteiger partial charge on any atom is -0.357 e. The Hall–Kier alpha value is -2.46. The van der Waals surface area contributed by atoms with Crippen LogP contribution in [0.4, 0.5) is 5.69 Å². The van der Waals surface area contributed by atoms with E-state index in [9.17, 15) is 4.79 Å². The summed E-state index contributed by atoms with van der Waals surface area (Å²) >= 11 is 1.50. The van der Waals surface area contributed by atoms with Gasteiger partial charge in [0, 0.05) is 5.69 Å². The Labute approximate surface area is 146 Å². The maximum atomic E-state index is 12.0. The fraction of sp³-hybridized carbons (Fsp3) is 0.150. The van der Waals surface area contributed by atoms with Gasteiger partial charge in [0.1, 0.15) is 0 Å². The molecule has 1 atom stereocenters. The number of amides is 1. The van der Waals surface area contributed by atoms with Crippen LogP contribution in [0.1, 0.15) is 18.1 Å². The zero-order chi connectivity index (χ0) is 16.8. The maximum absolute atomic E-state index is 12.0. The van der Waals surface area contributed by atoms with Gasteiger partial charge in [0.25, 0.3) is 5.91 Å². The van der Waals surface area contributed by atoms with Crippen molar-refractivity contribution in [1.29, 1.82) is 0 Å². The highest BCUT2D eigenvalue weighted by Crippen LogP contribution is 2.28. The van der Waals surface area contributed by atoms with E-state index in [1.54, 1.807) is 0 Å². The van der Waals surface area contributed by atoms with Crippen LogP contribution in [-0.2, 0) is 11.2 Å². The number of hydrogen-bond donors (Lipinski definition) is 2. The molecule has 0 saturated carbocycles. The first-order valence-electron chi connectivity index (χ1n) is 8.01. The fourth-order valence-electron chi connectivity index (χ4n) is 2.38. The lowest BCUT2D eigenvalue weighted by atomic mass is 10.1. The zero-order valence-corrected chi connectivity index (χ0v) is 14.3. The van der Waals surface area contributed by atoms with Crippen molar-refractivity contribution in [2.45, 2.75) is 18.8 Å². The number of allylic oxidation sites excluding steroid dienone is 2. The second kappa shape index (κ2) is 7.88. The van der Waals surface area contributed by atoms with Crippen LogP contribution in [0.15, 0.2) is 71.7 Å². The molecule has 3 nitrogen and oxygen atoms in total. The molecule has 0 aromatic heterocycles. The Bertz CT molecular complexity index is 751. The van der Waals surface area contributed by atoms with E-state index < -0.39 is 0 Å². The minimum absolute atomic E-state index is 0.0413. The van der Waals surface area contributed by atoms with Crippen molar-refractivity contribution in [2.75, 3.05) is 5.32 Å². The van der Waals surface area contributed by atoms with Gasteiger partial charge in [0.2, 0.25) is 0 Å². The van der Waals surface area contributed by atoms with Crippen LogP contribution in [0.5, 0.6) is 0 Å². The molecule has 1 heterocycles. The highest BCUT2D eigenvalue weighted by atomic mass is 32.2. The number of rotatable bonds is 5. The van der Waals surface area contributed by atoms with E-state index in [1.165, 1.54) is 17.3 Å². The average molecular weight is 336 g/mol. The van der Waals surface area contributed by atoms with Crippen molar-refractivity contribution in [3.63, 3.8) is 0 Å². The number of benzene rings is 2. The molecule has 1 aliphatic heterocycles. The summed E-state index contributed by atoms with van der Waals surface area (Å²) in [5.74, 6) is -0.0413. The quantitative estimate of drug-likeness (QED) is 0.795. The molecule has 2 aromatic carbocycles. The Morgan fingerprint density at radius 2 is 1.88 bits per heavy atom. The highest BCUT2D eigenvalue weighted by Gasteiger charge is 2.26. The summed E-state index contributed by atoms with van der Waals surface area (Å²) in [5.41, 5.74) is 3.28. The summed E-state index contributed by atoms with van der Waals surface area (Å²) < 4.78 is 0. The van der Waals surface area contributed by atoms with Crippen molar-refractivity contribution in [3.05, 3.63) is 82.8 Å². The molecule has 0 radical (unpaired) electrons. The first kappa shape index (κ1) is 16.4. The average Bonchev–Trinajstić information content (AvgIpc) is 2.96. The van der Waals surface area contributed by atoms with Crippen molar-refractivity contribution >= 4 is 29.4 Å². The van der Waals surface area contributed by atoms with Gasteiger partial charge in [-0.15, -0.1) is 0 Å². The first-order chi connectivity index (χ1) is 11.7. The normalized spacial score (nSPS) is 19.0. The summed E-state index contributed by atoms with van der Waals surface area (Å²) in [4.78, 5) is 12.8. The fourth-order valence-corrected chi connectivity index (χ4v) is 3.32. The molecule has 1 amide bonds. The zero-order valence-electron chi connectivity index (χ0n) is 13.5. The third-order valence-electron chi connectivity index (χ3n) is 3.73. The van der Waals surface area contributed by atoms with Crippen LogP contribution in [0.2, 0.25) is 0 Å². The lowest BCUT2D eigenvalue weighted by molar-refractivity contribution is -0.116. The van der Waals surface area contributed by atoms with Crippen LogP contribution in [0.3, 0.4) is 0 Å². The summed E-state index contributed by atoms with van der Waals surface area (Å²) in [5, 5.41) is 6.27. The van der Waals surface area contributed by atoms with Crippen molar-refractivity contribution in [3.8, 4) is 0 Å². The number of carbonyl (C=O) groups excluding carboxylic acids is 1. The summed E-state index contributed by atoms with van der Waals surface area (Å²) in [6.07, 6.45) is 6.78. The Kier molecular flexibility index (Phi) is 5.39. The van der Waals surface area contributed by atoms with Gasteiger partial charge in [0.15, 0.2) is 5.50 Å². The molecule has 0 unspecified atom stereocenters. The van der Waals surface area contributed by atoms with E-state index in [4.69, 9.17) is 0 Å². The van der Waals surface area contributed by atoms with Crippen LogP contribution < -0.4 is 10.6 Å². The molecule has 1 aliphatic rings. The second-order valence-corrected chi connectivity index (χ2v) is 6.61. The molecule has 122 valence electrons. The van der Waals surface area contributed by atoms with E-state index in [-0.39, 0.29) is 11.4 Å². The lowest BCUT2D eigenvalue weighted by Gasteiger charge is -2.12. The van der Waals surface area contributed by atoms with Crippen molar-refractivity contribution < 1.29 is 4.79 Å². The number of aryl methyl sites for hydroxylation is 1. The smallest absolute Gasteiger partial charge is 0.260 e. The first-order valence-corrected chi connectivity index (χ1v) is 8.89. The molecule has 0 aliphatic carbocycles. The van der Waals surface area contributed by atoms with Crippen LogP contribution in [0.25, 0.3) is 6.08 Å². The van der Waals surface area contributed by atoms with Crippen molar-refractivity contribution in [2.24, 2.45) is 0 Å². The third-order valence-corrected chi connectivity index (χ3v) is 4.77. The third kappa shape index (κ3) is 4.30. The van der Waals surface area contributed by atoms with Gasteiger partial charge >= 0.3 is 0 Å². The van der Waals surface area contributed by atoms with E-state index in [0.29, 0.717) is 4.91 Å². The SMILES string of the molecule is CCc1ccc(N[C@H]2NC(=O)/C(=C/C=C/c3ccccc3)S2)cc1. The van der Waals surface area contributed by atoms with E-state index >= 15 is 0 Å². The Morgan fingerprint density at radius 1 is 1.12 bits per heavy atom. The molecule has 0 spiro atoms. The topological polar surface area (TPSA) is 41.1 Å². The minimum atomic E-state index is -0.138. The number of hydrogen-bond acceptors (Lipinski definition) is 3. The van der Waals surface area contributed by atoms with Crippen molar-refractivity contribution in [1.82, 2.24) is 5.32 Å². The number of carbonyl (C=O) groups is 1.